The summed E-state index contributed by atoms with van der Waals surface area (Å²) < 4.78 is 5.12. The van der Waals surface area contributed by atoms with Crippen LogP contribution < -0.4 is 4.90 Å². The first-order valence-electron chi connectivity index (χ1n) is 23.5. The third-order valence-corrected chi connectivity index (χ3v) is 16.1. The molecule has 0 N–H and O–H groups in total. The van der Waals surface area contributed by atoms with Crippen LogP contribution in [0, 0.1) is 0 Å². The lowest BCUT2D eigenvalue weighted by Crippen LogP contribution is -2.33. The maximum atomic E-state index is 2.53. The first-order chi connectivity index (χ1) is 33.8. The number of aromatic nitrogens is 1. The second-order valence-corrected chi connectivity index (χ2v) is 19.4. The van der Waals surface area contributed by atoms with Crippen molar-refractivity contribution in [3.05, 3.63) is 265 Å². The second-order valence-electron chi connectivity index (χ2n) is 18.3. The van der Waals surface area contributed by atoms with Gasteiger partial charge in [0.1, 0.15) is 0 Å². The SMILES string of the molecule is c1ccc(-c2cccc3ccccc23)c(-c2ccccc2N(c2ccc3c(c2)C2(c4ccccc4-3)c3ccccc3-n3c4ccccc4c4cccc2c43)c2ccc3sc4ccccc4c3c2)c1. The van der Waals surface area contributed by atoms with Crippen molar-refractivity contribution in [2.24, 2.45) is 0 Å². The van der Waals surface area contributed by atoms with Gasteiger partial charge in [-0.3, -0.25) is 0 Å². The van der Waals surface area contributed by atoms with E-state index in [0.29, 0.717) is 0 Å². The number of hydrogen-bond acceptors (Lipinski definition) is 2. The molecule has 3 heteroatoms. The van der Waals surface area contributed by atoms with Crippen molar-refractivity contribution < 1.29 is 0 Å². The monoisotopic (exact) mass is 880 g/mol. The average molecular weight is 881 g/mol. The molecule has 1 unspecified atom stereocenters. The van der Waals surface area contributed by atoms with Gasteiger partial charge in [0.15, 0.2) is 0 Å². The summed E-state index contributed by atoms with van der Waals surface area (Å²) in [7, 11) is 0. The van der Waals surface area contributed by atoms with Crippen LogP contribution in [0.1, 0.15) is 22.3 Å². The fourth-order valence-corrected chi connectivity index (χ4v) is 13.4. The Kier molecular flexibility index (Phi) is 7.90. The lowest BCUT2D eigenvalue weighted by Gasteiger charge is -2.40. The predicted molar refractivity (Wildman–Crippen MR) is 288 cm³/mol. The summed E-state index contributed by atoms with van der Waals surface area (Å²) in [5, 5.41) is 7.60. The quantitative estimate of drug-likeness (QED) is 0.167. The van der Waals surface area contributed by atoms with E-state index in [2.05, 4.69) is 252 Å². The summed E-state index contributed by atoms with van der Waals surface area (Å²) in [6, 6.07) is 90.9. The van der Waals surface area contributed by atoms with Crippen LogP contribution in [-0.2, 0) is 5.41 Å². The summed E-state index contributed by atoms with van der Waals surface area (Å²) in [6.07, 6.45) is 0. The minimum Gasteiger partial charge on any atom is -0.310 e. The maximum Gasteiger partial charge on any atom is 0.0755 e. The van der Waals surface area contributed by atoms with Gasteiger partial charge in [-0.2, -0.15) is 0 Å². The molecule has 2 nitrogen and oxygen atoms in total. The Hall–Kier alpha value is -8.50. The zero-order chi connectivity index (χ0) is 44.5. The highest BCUT2D eigenvalue weighted by Gasteiger charge is 2.51. The van der Waals surface area contributed by atoms with Gasteiger partial charge < -0.3 is 9.47 Å². The number of benzene rings is 11. The molecule has 1 aliphatic carbocycles. The molecule has 0 saturated heterocycles. The van der Waals surface area contributed by atoms with E-state index in [1.54, 1.807) is 0 Å². The lowest BCUT2D eigenvalue weighted by atomic mass is 9.65. The van der Waals surface area contributed by atoms with Crippen LogP contribution in [0.3, 0.4) is 0 Å². The van der Waals surface area contributed by atoms with Gasteiger partial charge in [0.25, 0.3) is 0 Å². The third kappa shape index (κ3) is 5.06. The Morgan fingerprint density at radius 1 is 0.338 bits per heavy atom. The Labute approximate surface area is 397 Å². The van der Waals surface area contributed by atoms with E-state index in [9.17, 15) is 0 Å². The van der Waals surface area contributed by atoms with Gasteiger partial charge in [0.2, 0.25) is 0 Å². The Morgan fingerprint density at radius 2 is 0.912 bits per heavy atom. The molecular weight excluding hydrogens is 841 g/mol. The number of para-hydroxylation sites is 4. The van der Waals surface area contributed by atoms with E-state index in [-0.39, 0.29) is 0 Å². The standard InChI is InChI=1S/C65H40N2S/c1-2-19-44-41(17-1)18-15-26-45(44)46-20-3-4-21-47(46)50-23-6-11-31-59(50)66(42-36-38-63-54(39-42)52-25-8-14-34-62(52)68-63)43-35-37-49-48-22-5-9-28-55(48)65(58(49)40-43)56-29-10-13-33-61(56)67-60-32-12-7-24-51(60)53-27-16-30-57(65)64(53)67/h1-40H. The average Bonchev–Trinajstić information content (AvgIpc) is 4.05. The highest BCUT2D eigenvalue weighted by atomic mass is 32.1. The van der Waals surface area contributed by atoms with E-state index in [4.69, 9.17) is 0 Å². The molecule has 2 aliphatic rings. The van der Waals surface area contributed by atoms with E-state index < -0.39 is 5.41 Å². The molecule has 13 aromatic rings. The molecular formula is C65H40N2S. The molecule has 0 radical (unpaired) electrons. The summed E-state index contributed by atoms with van der Waals surface area (Å²) in [5.41, 5.74) is 19.1. The minimum atomic E-state index is -0.581. The van der Waals surface area contributed by atoms with E-state index in [0.717, 1.165) is 17.1 Å². The van der Waals surface area contributed by atoms with Crippen LogP contribution in [0.15, 0.2) is 243 Å². The Morgan fingerprint density at radius 3 is 1.81 bits per heavy atom. The Bertz CT molecular complexity index is 4240. The first-order valence-corrected chi connectivity index (χ1v) is 24.3. The van der Waals surface area contributed by atoms with Gasteiger partial charge in [0, 0.05) is 47.9 Å². The highest BCUT2D eigenvalue weighted by molar-refractivity contribution is 7.25. The van der Waals surface area contributed by atoms with Crippen molar-refractivity contribution in [3.8, 4) is 39.1 Å². The van der Waals surface area contributed by atoms with E-state index in [1.165, 1.54) is 114 Å². The predicted octanol–water partition coefficient (Wildman–Crippen LogP) is 17.8. The molecule has 316 valence electrons. The fourth-order valence-electron chi connectivity index (χ4n) is 12.3. The van der Waals surface area contributed by atoms with E-state index >= 15 is 0 Å². The number of thiophene rings is 1. The third-order valence-electron chi connectivity index (χ3n) is 15.0. The number of nitrogens with zero attached hydrogens (tertiary/aromatic N) is 2. The number of fused-ring (bicyclic) bond motifs is 16. The molecule has 0 bridgehead atoms. The largest absolute Gasteiger partial charge is 0.310 e. The summed E-state index contributed by atoms with van der Waals surface area (Å²) in [5.74, 6) is 0. The first kappa shape index (κ1) is 37.7. The summed E-state index contributed by atoms with van der Waals surface area (Å²) in [6.45, 7) is 0. The summed E-state index contributed by atoms with van der Waals surface area (Å²) in [4.78, 5) is 2.53. The van der Waals surface area contributed by atoms with Crippen LogP contribution in [0.4, 0.5) is 17.1 Å². The molecule has 2 aromatic heterocycles. The fraction of sp³-hybridized carbons (Fsp3) is 0.0154. The van der Waals surface area contributed by atoms with Crippen molar-refractivity contribution in [2.45, 2.75) is 5.41 Å². The topological polar surface area (TPSA) is 8.17 Å². The number of hydrogen-bond donors (Lipinski definition) is 0. The molecule has 1 spiro atoms. The van der Waals surface area contributed by atoms with Crippen molar-refractivity contribution >= 4 is 81.1 Å². The van der Waals surface area contributed by atoms with Crippen LogP contribution in [0.25, 0.3) is 91.8 Å². The Balaban J connectivity index is 1.03. The van der Waals surface area contributed by atoms with Crippen LogP contribution in [0.2, 0.25) is 0 Å². The van der Waals surface area contributed by atoms with Crippen LogP contribution in [0.5, 0.6) is 0 Å². The van der Waals surface area contributed by atoms with Gasteiger partial charge in [-0.05, 0) is 115 Å². The van der Waals surface area contributed by atoms with Crippen LogP contribution >= 0.6 is 11.3 Å². The van der Waals surface area contributed by atoms with Crippen molar-refractivity contribution in [1.82, 2.24) is 4.57 Å². The smallest absolute Gasteiger partial charge is 0.0755 e. The molecule has 0 amide bonds. The molecule has 1 atom stereocenters. The molecule has 68 heavy (non-hydrogen) atoms. The number of rotatable bonds is 5. The normalized spacial score (nSPS) is 14.5. The molecule has 11 aromatic carbocycles. The van der Waals surface area contributed by atoms with E-state index in [1.807, 2.05) is 11.3 Å². The maximum absolute atomic E-state index is 2.53. The van der Waals surface area contributed by atoms with Gasteiger partial charge in [-0.25, -0.2) is 0 Å². The lowest BCUT2D eigenvalue weighted by molar-refractivity contribution is 0.748. The molecule has 1 aliphatic heterocycles. The van der Waals surface area contributed by atoms with Crippen molar-refractivity contribution in [2.75, 3.05) is 4.90 Å². The highest BCUT2D eigenvalue weighted by Crippen LogP contribution is 2.62. The number of anilines is 3. The van der Waals surface area contributed by atoms with Crippen molar-refractivity contribution in [1.29, 1.82) is 0 Å². The van der Waals surface area contributed by atoms with Crippen molar-refractivity contribution in [3.63, 3.8) is 0 Å². The van der Waals surface area contributed by atoms with Gasteiger partial charge in [-0.1, -0.05) is 188 Å². The summed E-state index contributed by atoms with van der Waals surface area (Å²) >= 11 is 1.86. The zero-order valence-corrected chi connectivity index (χ0v) is 37.7. The van der Waals surface area contributed by atoms with Gasteiger partial charge in [0.05, 0.1) is 27.8 Å². The minimum absolute atomic E-state index is 0.581. The molecule has 0 fully saturated rings. The van der Waals surface area contributed by atoms with Crippen LogP contribution in [-0.4, -0.2) is 4.57 Å². The molecule has 15 rings (SSSR count). The van der Waals surface area contributed by atoms with Gasteiger partial charge in [-0.15, -0.1) is 11.3 Å². The molecule has 0 saturated carbocycles. The second kappa shape index (κ2) is 14.3. The zero-order valence-electron chi connectivity index (χ0n) is 36.9. The van der Waals surface area contributed by atoms with Gasteiger partial charge >= 0.3 is 0 Å². The molecule has 3 heterocycles.